The first-order chi connectivity index (χ1) is 7.42. The summed E-state index contributed by atoms with van der Waals surface area (Å²) >= 11 is 0. The van der Waals surface area contributed by atoms with Crippen LogP contribution in [0.4, 0.5) is 6.01 Å². The molecular weight excluding hydrogens is 194 g/mol. The molecule has 0 aromatic carbocycles. The summed E-state index contributed by atoms with van der Waals surface area (Å²) in [6, 6.07) is 2.38. The topological polar surface area (TPSA) is 64.1 Å². The molecule has 0 aliphatic heterocycles. The summed E-state index contributed by atoms with van der Waals surface area (Å²) in [4.78, 5) is 0. The van der Waals surface area contributed by atoms with Crippen LogP contribution >= 0.6 is 0 Å². The van der Waals surface area contributed by atoms with Crippen LogP contribution in [0.1, 0.15) is 30.2 Å². The Morgan fingerprint density at radius 2 is 2.33 bits per heavy atom. The lowest BCUT2D eigenvalue weighted by Crippen LogP contribution is -1.97. The second kappa shape index (κ2) is 3.42. The molecule has 15 heavy (non-hydrogen) atoms. The molecule has 5 heteroatoms. The second-order valence-corrected chi connectivity index (χ2v) is 3.70. The van der Waals surface area contributed by atoms with Gasteiger partial charge < -0.3 is 14.2 Å². The molecule has 0 radical (unpaired) electrons. The Balaban J connectivity index is 1.61. The number of hydrogen-bond acceptors (Lipinski definition) is 5. The molecule has 3 rings (SSSR count). The minimum absolute atomic E-state index is 0.484. The van der Waals surface area contributed by atoms with Crippen molar-refractivity contribution < 1.29 is 8.83 Å². The third-order valence-corrected chi connectivity index (χ3v) is 2.39. The van der Waals surface area contributed by atoms with Gasteiger partial charge in [-0.3, -0.25) is 0 Å². The van der Waals surface area contributed by atoms with Crippen molar-refractivity contribution in [3.8, 4) is 0 Å². The van der Waals surface area contributed by atoms with E-state index in [4.69, 9.17) is 8.83 Å². The fraction of sp³-hybridized carbons (Fsp3) is 0.400. The standard InChI is InChI=1S/C10H11N3O2/c1-2-8(1)9-12-13-10(15-9)11-5-7-3-4-14-6-7/h3-4,6,8H,1-2,5H2,(H,11,13). The summed E-state index contributed by atoms with van der Waals surface area (Å²) in [7, 11) is 0. The Hall–Kier alpha value is -1.78. The molecule has 1 aliphatic rings. The van der Waals surface area contributed by atoms with Crippen molar-refractivity contribution in [3.63, 3.8) is 0 Å². The Labute approximate surface area is 86.5 Å². The molecule has 0 amide bonds. The number of nitrogens with one attached hydrogen (secondary N) is 1. The zero-order valence-corrected chi connectivity index (χ0v) is 8.14. The summed E-state index contributed by atoms with van der Waals surface area (Å²) in [5.74, 6) is 1.26. The first-order valence-electron chi connectivity index (χ1n) is 5.00. The van der Waals surface area contributed by atoms with E-state index in [-0.39, 0.29) is 0 Å². The van der Waals surface area contributed by atoms with E-state index in [9.17, 15) is 0 Å². The Bertz CT molecular complexity index is 431. The lowest BCUT2D eigenvalue weighted by atomic mass is 10.3. The molecule has 2 heterocycles. The molecule has 1 saturated carbocycles. The van der Waals surface area contributed by atoms with E-state index in [2.05, 4.69) is 15.5 Å². The SMILES string of the molecule is c1cc(CNc2nnc(C3CC3)o2)co1. The van der Waals surface area contributed by atoms with Gasteiger partial charge >= 0.3 is 6.01 Å². The van der Waals surface area contributed by atoms with Crippen molar-refractivity contribution in [1.82, 2.24) is 10.2 Å². The van der Waals surface area contributed by atoms with Gasteiger partial charge in [-0.15, -0.1) is 5.10 Å². The molecule has 78 valence electrons. The van der Waals surface area contributed by atoms with Gasteiger partial charge in [0.2, 0.25) is 5.89 Å². The lowest BCUT2D eigenvalue weighted by Gasteiger charge is -1.96. The molecule has 0 saturated heterocycles. The average Bonchev–Trinajstić information content (AvgIpc) is 2.82. The van der Waals surface area contributed by atoms with Gasteiger partial charge in [0, 0.05) is 18.0 Å². The van der Waals surface area contributed by atoms with Gasteiger partial charge in [0.1, 0.15) is 0 Å². The summed E-state index contributed by atoms with van der Waals surface area (Å²) in [5, 5.41) is 10.9. The number of anilines is 1. The van der Waals surface area contributed by atoms with Gasteiger partial charge in [-0.2, -0.15) is 0 Å². The van der Waals surface area contributed by atoms with Crippen molar-refractivity contribution in [1.29, 1.82) is 0 Å². The maximum Gasteiger partial charge on any atom is 0.315 e. The predicted octanol–water partition coefficient (Wildman–Crippen LogP) is 2.15. The van der Waals surface area contributed by atoms with Crippen LogP contribution in [-0.2, 0) is 6.54 Å². The molecule has 1 fully saturated rings. The van der Waals surface area contributed by atoms with Crippen LogP contribution in [0, 0.1) is 0 Å². The summed E-state index contributed by atoms with van der Waals surface area (Å²) in [5.41, 5.74) is 1.06. The molecule has 0 atom stereocenters. The van der Waals surface area contributed by atoms with Crippen LogP contribution in [0.2, 0.25) is 0 Å². The molecule has 2 aromatic heterocycles. The van der Waals surface area contributed by atoms with Crippen molar-refractivity contribution in [2.45, 2.75) is 25.3 Å². The molecule has 0 bridgehead atoms. The predicted molar refractivity (Wildman–Crippen MR) is 52.3 cm³/mol. The van der Waals surface area contributed by atoms with Crippen molar-refractivity contribution in [2.75, 3.05) is 5.32 Å². The highest BCUT2D eigenvalue weighted by molar-refractivity contribution is 5.21. The maximum absolute atomic E-state index is 5.44. The molecule has 0 spiro atoms. The lowest BCUT2D eigenvalue weighted by molar-refractivity contribution is 0.506. The normalized spacial score (nSPS) is 15.5. The Morgan fingerprint density at radius 3 is 3.07 bits per heavy atom. The van der Waals surface area contributed by atoms with Gasteiger partial charge in [-0.1, -0.05) is 5.10 Å². The fourth-order valence-electron chi connectivity index (χ4n) is 1.37. The van der Waals surface area contributed by atoms with Crippen LogP contribution < -0.4 is 5.32 Å². The van der Waals surface area contributed by atoms with Crippen molar-refractivity contribution in [3.05, 3.63) is 30.0 Å². The maximum atomic E-state index is 5.44. The highest BCUT2D eigenvalue weighted by Gasteiger charge is 2.29. The average molecular weight is 205 g/mol. The van der Waals surface area contributed by atoms with Gasteiger partial charge in [0.25, 0.3) is 0 Å². The van der Waals surface area contributed by atoms with E-state index < -0.39 is 0 Å². The molecular formula is C10H11N3O2. The number of furan rings is 1. The fourth-order valence-corrected chi connectivity index (χ4v) is 1.37. The summed E-state index contributed by atoms with van der Waals surface area (Å²) in [6.45, 7) is 0.642. The monoisotopic (exact) mass is 205 g/mol. The van der Waals surface area contributed by atoms with Crippen molar-refractivity contribution >= 4 is 6.01 Å². The first-order valence-corrected chi connectivity index (χ1v) is 5.00. The van der Waals surface area contributed by atoms with Crippen LogP contribution in [0.15, 0.2) is 27.4 Å². The van der Waals surface area contributed by atoms with E-state index in [0.717, 1.165) is 11.5 Å². The number of rotatable bonds is 4. The van der Waals surface area contributed by atoms with E-state index in [0.29, 0.717) is 18.5 Å². The van der Waals surface area contributed by atoms with E-state index >= 15 is 0 Å². The van der Waals surface area contributed by atoms with Crippen LogP contribution in [-0.4, -0.2) is 10.2 Å². The van der Waals surface area contributed by atoms with E-state index in [1.165, 1.54) is 12.8 Å². The zero-order valence-electron chi connectivity index (χ0n) is 8.14. The molecule has 1 aliphatic carbocycles. The van der Waals surface area contributed by atoms with Crippen LogP contribution in [0.3, 0.4) is 0 Å². The van der Waals surface area contributed by atoms with Crippen LogP contribution in [0.25, 0.3) is 0 Å². The molecule has 0 unspecified atom stereocenters. The third-order valence-electron chi connectivity index (χ3n) is 2.39. The summed E-state index contributed by atoms with van der Waals surface area (Å²) < 4.78 is 10.4. The third kappa shape index (κ3) is 1.86. The molecule has 1 N–H and O–H groups in total. The first kappa shape index (κ1) is 8.52. The van der Waals surface area contributed by atoms with Gasteiger partial charge in [-0.05, 0) is 18.9 Å². The highest BCUT2D eigenvalue weighted by atomic mass is 16.4. The quantitative estimate of drug-likeness (QED) is 0.828. The zero-order chi connectivity index (χ0) is 10.1. The Kier molecular flexibility index (Phi) is 1.94. The largest absolute Gasteiger partial charge is 0.472 e. The van der Waals surface area contributed by atoms with Gasteiger partial charge in [-0.25, -0.2) is 0 Å². The summed E-state index contributed by atoms with van der Waals surface area (Å²) in [6.07, 6.45) is 5.67. The number of hydrogen-bond donors (Lipinski definition) is 1. The Morgan fingerprint density at radius 1 is 1.40 bits per heavy atom. The van der Waals surface area contributed by atoms with Crippen molar-refractivity contribution in [2.24, 2.45) is 0 Å². The highest BCUT2D eigenvalue weighted by Crippen LogP contribution is 2.39. The van der Waals surface area contributed by atoms with Gasteiger partial charge in [0.05, 0.1) is 12.5 Å². The number of nitrogens with zero attached hydrogens (tertiary/aromatic N) is 2. The van der Waals surface area contributed by atoms with E-state index in [1.54, 1.807) is 12.5 Å². The smallest absolute Gasteiger partial charge is 0.315 e. The van der Waals surface area contributed by atoms with Crippen LogP contribution in [0.5, 0.6) is 0 Å². The minimum Gasteiger partial charge on any atom is -0.472 e. The number of aromatic nitrogens is 2. The second-order valence-electron chi connectivity index (χ2n) is 3.70. The van der Waals surface area contributed by atoms with Gasteiger partial charge in [0.15, 0.2) is 0 Å². The van der Waals surface area contributed by atoms with E-state index in [1.807, 2.05) is 6.07 Å². The molecule has 2 aromatic rings. The molecule has 5 nitrogen and oxygen atoms in total. The minimum atomic E-state index is 0.484.